The zero-order valence-electron chi connectivity index (χ0n) is 16.7. The fourth-order valence-corrected chi connectivity index (χ4v) is 2.92. The minimum absolute atomic E-state index is 0.0418. The molecule has 1 amide bonds. The van der Waals surface area contributed by atoms with Gasteiger partial charge in [0, 0.05) is 13.0 Å². The van der Waals surface area contributed by atoms with Gasteiger partial charge in [0.25, 0.3) is 0 Å². The Bertz CT molecular complexity index is 382. The summed E-state index contributed by atoms with van der Waals surface area (Å²) in [5.74, 6) is 0.00745. The van der Waals surface area contributed by atoms with Crippen LogP contribution in [0.1, 0.15) is 96.8 Å². The first-order valence-corrected chi connectivity index (χ1v) is 10.4. The summed E-state index contributed by atoms with van der Waals surface area (Å²) in [6, 6.07) is -0.440. The molecule has 0 rings (SSSR count). The highest BCUT2D eigenvalue weighted by Crippen LogP contribution is 2.12. The van der Waals surface area contributed by atoms with Crippen LogP contribution < -0.4 is 16.8 Å². The van der Waals surface area contributed by atoms with E-state index in [1.807, 2.05) is 0 Å². The van der Waals surface area contributed by atoms with Crippen LogP contribution in [0.15, 0.2) is 4.99 Å². The summed E-state index contributed by atoms with van der Waals surface area (Å²) < 4.78 is 0. The molecule has 0 spiro atoms. The first-order valence-electron chi connectivity index (χ1n) is 10.4. The monoisotopic (exact) mass is 368 g/mol. The van der Waals surface area contributed by atoms with Gasteiger partial charge in [-0.15, -0.1) is 0 Å². The molecule has 0 radical (unpaired) electrons. The number of hydrogen-bond donors (Lipinski definition) is 3. The quantitative estimate of drug-likeness (QED) is 0.149. The topological polar surface area (TPSA) is 111 Å². The van der Waals surface area contributed by atoms with Crippen molar-refractivity contribution in [1.29, 1.82) is 0 Å². The SMILES string of the molecule is CCCCCCCCCCCCCC(=O)N[C@@H](C=O)CCCN=C(N)N. The van der Waals surface area contributed by atoms with Crippen molar-refractivity contribution in [3.05, 3.63) is 0 Å². The second-order valence-electron chi connectivity index (χ2n) is 7.04. The number of aldehydes is 1. The van der Waals surface area contributed by atoms with E-state index in [0.717, 1.165) is 19.1 Å². The highest BCUT2D eigenvalue weighted by atomic mass is 16.2. The Morgan fingerprint density at radius 2 is 1.46 bits per heavy atom. The van der Waals surface area contributed by atoms with E-state index in [0.29, 0.717) is 25.8 Å². The summed E-state index contributed by atoms with van der Waals surface area (Å²) in [6.45, 7) is 2.72. The smallest absolute Gasteiger partial charge is 0.220 e. The fourth-order valence-electron chi connectivity index (χ4n) is 2.92. The summed E-state index contributed by atoms with van der Waals surface area (Å²) in [5, 5.41) is 2.77. The van der Waals surface area contributed by atoms with Gasteiger partial charge in [0.1, 0.15) is 6.29 Å². The maximum Gasteiger partial charge on any atom is 0.220 e. The van der Waals surface area contributed by atoms with E-state index in [9.17, 15) is 9.59 Å². The van der Waals surface area contributed by atoms with Gasteiger partial charge in [-0.05, 0) is 19.3 Å². The lowest BCUT2D eigenvalue weighted by Crippen LogP contribution is -2.36. The number of nitrogens with zero attached hydrogens (tertiary/aromatic N) is 1. The number of carbonyl (C=O) groups excluding carboxylic acids is 2. The lowest BCUT2D eigenvalue weighted by atomic mass is 10.1. The van der Waals surface area contributed by atoms with Crippen LogP contribution in [0.25, 0.3) is 0 Å². The fraction of sp³-hybridized carbons (Fsp3) is 0.850. The third-order valence-corrected chi connectivity index (χ3v) is 4.49. The Balaban J connectivity index is 3.51. The molecule has 26 heavy (non-hydrogen) atoms. The van der Waals surface area contributed by atoms with Crippen molar-refractivity contribution < 1.29 is 9.59 Å². The van der Waals surface area contributed by atoms with Crippen molar-refractivity contribution >= 4 is 18.2 Å². The maximum absolute atomic E-state index is 11.9. The number of unbranched alkanes of at least 4 members (excludes halogenated alkanes) is 10. The van der Waals surface area contributed by atoms with E-state index < -0.39 is 6.04 Å². The number of hydrogen-bond acceptors (Lipinski definition) is 3. The van der Waals surface area contributed by atoms with Crippen molar-refractivity contribution in [3.8, 4) is 0 Å². The lowest BCUT2D eigenvalue weighted by molar-refractivity contribution is -0.124. The predicted octanol–water partition coefficient (Wildman–Crippen LogP) is 3.42. The van der Waals surface area contributed by atoms with Crippen LogP contribution in [0.5, 0.6) is 0 Å². The largest absolute Gasteiger partial charge is 0.370 e. The molecule has 152 valence electrons. The van der Waals surface area contributed by atoms with Gasteiger partial charge in [-0.2, -0.15) is 0 Å². The second kappa shape index (κ2) is 18.2. The highest BCUT2D eigenvalue weighted by Gasteiger charge is 2.10. The van der Waals surface area contributed by atoms with Crippen molar-refractivity contribution in [2.45, 2.75) is 103 Å². The number of aliphatic imine (C=N–C) groups is 1. The van der Waals surface area contributed by atoms with E-state index in [2.05, 4.69) is 17.2 Å². The molecule has 0 saturated heterocycles. The number of nitrogens with two attached hydrogens (primary N) is 2. The van der Waals surface area contributed by atoms with Crippen molar-refractivity contribution in [1.82, 2.24) is 5.32 Å². The normalized spacial score (nSPS) is 11.7. The number of guanidine groups is 1. The molecule has 0 unspecified atom stereocenters. The molecule has 6 nitrogen and oxygen atoms in total. The summed E-state index contributed by atoms with van der Waals surface area (Å²) in [5.41, 5.74) is 10.5. The van der Waals surface area contributed by atoms with Crippen LogP contribution in [0.2, 0.25) is 0 Å². The maximum atomic E-state index is 11.9. The first kappa shape index (κ1) is 24.4. The Hall–Kier alpha value is -1.59. The Labute approximate surface area is 159 Å². The molecule has 0 bridgehead atoms. The molecular weight excluding hydrogens is 328 g/mol. The van der Waals surface area contributed by atoms with Crippen LogP contribution in [0.3, 0.4) is 0 Å². The minimum atomic E-state index is -0.440. The Morgan fingerprint density at radius 1 is 0.923 bits per heavy atom. The van der Waals surface area contributed by atoms with Gasteiger partial charge >= 0.3 is 0 Å². The molecule has 5 N–H and O–H groups in total. The van der Waals surface area contributed by atoms with Gasteiger partial charge in [0.15, 0.2) is 5.96 Å². The van der Waals surface area contributed by atoms with E-state index in [4.69, 9.17) is 11.5 Å². The Kier molecular flexibility index (Phi) is 17.1. The average Bonchev–Trinajstić information content (AvgIpc) is 2.62. The van der Waals surface area contributed by atoms with Crippen LogP contribution >= 0.6 is 0 Å². The molecule has 0 aliphatic rings. The molecule has 6 heteroatoms. The van der Waals surface area contributed by atoms with Gasteiger partial charge in [0.2, 0.25) is 5.91 Å². The van der Waals surface area contributed by atoms with Crippen molar-refractivity contribution in [3.63, 3.8) is 0 Å². The summed E-state index contributed by atoms with van der Waals surface area (Å²) in [4.78, 5) is 26.8. The molecule has 0 fully saturated rings. The Morgan fingerprint density at radius 3 is 1.96 bits per heavy atom. The molecule has 0 aromatic carbocycles. The van der Waals surface area contributed by atoms with Crippen LogP contribution in [-0.4, -0.2) is 30.7 Å². The van der Waals surface area contributed by atoms with Gasteiger partial charge in [-0.1, -0.05) is 71.1 Å². The molecule has 1 atom stereocenters. The minimum Gasteiger partial charge on any atom is -0.370 e. The van der Waals surface area contributed by atoms with E-state index in [1.54, 1.807) is 0 Å². The van der Waals surface area contributed by atoms with E-state index >= 15 is 0 Å². The first-order chi connectivity index (χ1) is 12.6. The zero-order valence-corrected chi connectivity index (χ0v) is 16.7. The average molecular weight is 369 g/mol. The van der Waals surface area contributed by atoms with E-state index in [1.165, 1.54) is 57.8 Å². The molecule has 0 aromatic rings. The molecule has 0 saturated carbocycles. The zero-order chi connectivity index (χ0) is 19.5. The third-order valence-electron chi connectivity index (χ3n) is 4.49. The molecule has 0 heterocycles. The van der Waals surface area contributed by atoms with Crippen LogP contribution in [-0.2, 0) is 9.59 Å². The van der Waals surface area contributed by atoms with Crippen molar-refractivity contribution in [2.24, 2.45) is 16.5 Å². The second-order valence-corrected chi connectivity index (χ2v) is 7.04. The number of rotatable bonds is 18. The molecule has 0 aromatic heterocycles. The predicted molar refractivity (Wildman–Crippen MR) is 109 cm³/mol. The van der Waals surface area contributed by atoms with Gasteiger partial charge in [0.05, 0.1) is 6.04 Å². The van der Waals surface area contributed by atoms with Crippen LogP contribution in [0, 0.1) is 0 Å². The number of amides is 1. The van der Waals surface area contributed by atoms with Gasteiger partial charge < -0.3 is 21.6 Å². The van der Waals surface area contributed by atoms with E-state index in [-0.39, 0.29) is 11.9 Å². The molecular formula is C20H40N4O2. The molecule has 0 aliphatic carbocycles. The highest BCUT2D eigenvalue weighted by molar-refractivity contribution is 5.79. The lowest BCUT2D eigenvalue weighted by Gasteiger charge is -2.12. The summed E-state index contributed by atoms with van der Waals surface area (Å²) >= 11 is 0. The van der Waals surface area contributed by atoms with Crippen LogP contribution in [0.4, 0.5) is 0 Å². The van der Waals surface area contributed by atoms with Crippen molar-refractivity contribution in [2.75, 3.05) is 6.54 Å². The number of carbonyl (C=O) groups is 2. The van der Waals surface area contributed by atoms with Gasteiger partial charge in [-0.25, -0.2) is 0 Å². The third kappa shape index (κ3) is 17.2. The summed E-state index contributed by atoms with van der Waals surface area (Å²) in [6.07, 6.45) is 16.4. The standard InChI is InChI=1S/C20H40N4O2/c1-2-3-4-5-6-7-8-9-10-11-12-15-19(26)24-18(17-25)14-13-16-23-20(21)22/h17-18H,2-16H2,1H3,(H,24,26)(H4,21,22,23)/t18-/m1/s1. The number of nitrogens with one attached hydrogen (secondary N) is 1. The van der Waals surface area contributed by atoms with Gasteiger partial charge in [-0.3, -0.25) is 9.79 Å². The summed E-state index contributed by atoms with van der Waals surface area (Å²) in [7, 11) is 0. The molecule has 0 aliphatic heterocycles.